The Balaban J connectivity index is 2.28. The van der Waals surface area contributed by atoms with Crippen LogP contribution in [-0.4, -0.2) is 22.1 Å². The monoisotopic (exact) mass is 238 g/mol. The number of aromatic nitrogens is 3. The van der Waals surface area contributed by atoms with Crippen LogP contribution in [-0.2, 0) is 11.3 Å². The predicted molar refractivity (Wildman–Crippen MR) is 65.4 cm³/mol. The van der Waals surface area contributed by atoms with Gasteiger partial charge in [0.15, 0.2) is 0 Å². The van der Waals surface area contributed by atoms with Gasteiger partial charge >= 0.3 is 0 Å². The first kappa shape index (κ1) is 12.5. The van der Waals surface area contributed by atoms with Crippen molar-refractivity contribution in [1.82, 2.24) is 15.0 Å². The molecule has 17 heavy (non-hydrogen) atoms. The molecule has 1 saturated carbocycles. The van der Waals surface area contributed by atoms with Crippen molar-refractivity contribution in [3.63, 3.8) is 0 Å². The minimum atomic E-state index is -0.00826. The Labute approximate surface area is 102 Å². The highest BCUT2D eigenvalue weighted by molar-refractivity contribution is 5.13. The Hall–Kier alpha value is -0.940. The molecule has 0 spiro atoms. The molecule has 0 amide bonds. The largest absolute Gasteiger partial charge is 0.375 e. The molecule has 1 fully saturated rings. The minimum Gasteiger partial charge on any atom is -0.375 e. The number of methoxy groups -OCH3 is 1. The van der Waals surface area contributed by atoms with Crippen LogP contribution in [0.2, 0.25) is 0 Å². The number of nitrogens with two attached hydrogens (primary N) is 1. The van der Waals surface area contributed by atoms with E-state index in [1.54, 1.807) is 7.11 Å². The first-order valence-electron chi connectivity index (χ1n) is 6.35. The Kier molecular flexibility index (Phi) is 3.79. The summed E-state index contributed by atoms with van der Waals surface area (Å²) < 4.78 is 7.42. The number of hydrogen-bond donors (Lipinski definition) is 1. The molecule has 5 nitrogen and oxygen atoms in total. The molecule has 2 rings (SSSR count). The normalized spacial score (nSPS) is 20.0. The van der Waals surface area contributed by atoms with Gasteiger partial charge < -0.3 is 10.5 Å². The molecule has 0 bridgehead atoms. The van der Waals surface area contributed by atoms with Crippen LogP contribution in [0.3, 0.4) is 0 Å². The quantitative estimate of drug-likeness (QED) is 0.849. The Morgan fingerprint density at radius 3 is 2.65 bits per heavy atom. The van der Waals surface area contributed by atoms with E-state index < -0.39 is 0 Å². The predicted octanol–water partition coefficient (Wildman–Crippen LogP) is 1.81. The molecule has 1 heterocycles. The highest BCUT2D eigenvalue weighted by Gasteiger charge is 2.29. The number of ether oxygens (including phenoxy) is 1. The van der Waals surface area contributed by atoms with Gasteiger partial charge in [-0.15, -0.1) is 5.10 Å². The zero-order chi connectivity index (χ0) is 12.4. The van der Waals surface area contributed by atoms with Crippen molar-refractivity contribution in [3.05, 3.63) is 11.4 Å². The van der Waals surface area contributed by atoms with E-state index in [1.165, 1.54) is 19.3 Å². The molecule has 1 aliphatic carbocycles. The molecule has 1 aliphatic rings. The third kappa shape index (κ3) is 2.21. The minimum absolute atomic E-state index is 0.00826. The molecule has 0 radical (unpaired) electrons. The maximum absolute atomic E-state index is 5.71. The lowest BCUT2D eigenvalue weighted by molar-refractivity contribution is 0.103. The van der Waals surface area contributed by atoms with Crippen molar-refractivity contribution in [2.45, 2.75) is 51.8 Å². The highest BCUT2D eigenvalue weighted by Crippen LogP contribution is 2.37. The number of nitrogens with zero attached hydrogens (tertiary/aromatic N) is 3. The van der Waals surface area contributed by atoms with Crippen LogP contribution >= 0.6 is 0 Å². The van der Waals surface area contributed by atoms with Crippen LogP contribution in [0.1, 0.15) is 56.6 Å². The van der Waals surface area contributed by atoms with E-state index in [-0.39, 0.29) is 6.10 Å². The molecule has 2 unspecified atom stereocenters. The van der Waals surface area contributed by atoms with Gasteiger partial charge in [-0.3, -0.25) is 0 Å². The Morgan fingerprint density at radius 2 is 2.18 bits per heavy atom. The molecule has 2 atom stereocenters. The summed E-state index contributed by atoms with van der Waals surface area (Å²) in [5.74, 6) is 0.727. The number of rotatable bonds is 5. The average molecular weight is 238 g/mol. The maximum Gasteiger partial charge on any atom is 0.102 e. The summed E-state index contributed by atoms with van der Waals surface area (Å²) in [6, 6.07) is 0.393. The number of hydrogen-bond acceptors (Lipinski definition) is 4. The Morgan fingerprint density at radius 1 is 1.47 bits per heavy atom. The average Bonchev–Trinajstić information content (AvgIpc) is 2.69. The zero-order valence-corrected chi connectivity index (χ0v) is 10.9. The molecular weight excluding hydrogens is 216 g/mol. The summed E-state index contributed by atoms with van der Waals surface area (Å²) in [6.45, 7) is 4.65. The van der Waals surface area contributed by atoms with Crippen molar-refractivity contribution in [2.75, 3.05) is 7.11 Å². The molecule has 96 valence electrons. The van der Waals surface area contributed by atoms with Crippen LogP contribution < -0.4 is 5.73 Å². The van der Waals surface area contributed by atoms with E-state index >= 15 is 0 Å². The third-order valence-electron chi connectivity index (χ3n) is 3.95. The second-order valence-corrected chi connectivity index (χ2v) is 4.88. The van der Waals surface area contributed by atoms with Crippen molar-refractivity contribution in [3.8, 4) is 0 Å². The van der Waals surface area contributed by atoms with Gasteiger partial charge in [-0.1, -0.05) is 11.6 Å². The van der Waals surface area contributed by atoms with Gasteiger partial charge in [0, 0.05) is 13.7 Å². The SMILES string of the molecule is COC(C)c1c(CN)nnn1C(C)C1CCC1. The fraction of sp³-hybridized carbons (Fsp3) is 0.833. The Bertz CT molecular complexity index is 373. The van der Waals surface area contributed by atoms with Crippen LogP contribution in [0.25, 0.3) is 0 Å². The van der Waals surface area contributed by atoms with E-state index in [9.17, 15) is 0 Å². The van der Waals surface area contributed by atoms with Crippen LogP contribution in [0.4, 0.5) is 0 Å². The highest BCUT2D eigenvalue weighted by atomic mass is 16.5. The molecule has 2 N–H and O–H groups in total. The van der Waals surface area contributed by atoms with Crippen LogP contribution in [0.5, 0.6) is 0 Å². The smallest absolute Gasteiger partial charge is 0.102 e. The lowest BCUT2D eigenvalue weighted by Gasteiger charge is -2.32. The standard InChI is InChI=1S/C12H22N4O/c1-8(10-5-4-6-10)16-12(9(2)17-3)11(7-13)14-15-16/h8-10H,4-7,13H2,1-3H3. The van der Waals surface area contributed by atoms with Gasteiger partial charge in [0.05, 0.1) is 17.8 Å². The molecule has 1 aromatic heterocycles. The van der Waals surface area contributed by atoms with Crippen molar-refractivity contribution >= 4 is 0 Å². The van der Waals surface area contributed by atoms with Gasteiger partial charge in [0.25, 0.3) is 0 Å². The third-order valence-corrected chi connectivity index (χ3v) is 3.95. The van der Waals surface area contributed by atoms with E-state index in [1.807, 2.05) is 11.6 Å². The van der Waals surface area contributed by atoms with Gasteiger partial charge in [-0.25, -0.2) is 4.68 Å². The molecule has 0 aromatic carbocycles. The fourth-order valence-corrected chi connectivity index (χ4v) is 2.43. The second-order valence-electron chi connectivity index (χ2n) is 4.88. The van der Waals surface area contributed by atoms with Crippen molar-refractivity contribution in [1.29, 1.82) is 0 Å². The fourth-order valence-electron chi connectivity index (χ4n) is 2.43. The molecular formula is C12H22N4O. The van der Waals surface area contributed by atoms with Crippen LogP contribution in [0, 0.1) is 5.92 Å². The molecule has 0 aliphatic heterocycles. The molecule has 1 aromatic rings. The summed E-state index contributed by atoms with van der Waals surface area (Å²) >= 11 is 0. The van der Waals surface area contributed by atoms with Gasteiger partial charge in [-0.2, -0.15) is 0 Å². The molecule has 0 saturated heterocycles. The van der Waals surface area contributed by atoms with Crippen molar-refractivity contribution < 1.29 is 4.74 Å². The van der Waals surface area contributed by atoms with Gasteiger partial charge in [0.1, 0.15) is 5.69 Å². The summed E-state index contributed by atoms with van der Waals surface area (Å²) in [5.41, 5.74) is 7.60. The van der Waals surface area contributed by atoms with E-state index in [0.717, 1.165) is 17.3 Å². The first-order chi connectivity index (χ1) is 8.19. The molecule has 5 heteroatoms. The van der Waals surface area contributed by atoms with Gasteiger partial charge in [0.2, 0.25) is 0 Å². The summed E-state index contributed by atoms with van der Waals surface area (Å²) in [5, 5.41) is 8.44. The lowest BCUT2D eigenvalue weighted by atomic mass is 9.80. The summed E-state index contributed by atoms with van der Waals surface area (Å²) in [7, 11) is 1.70. The summed E-state index contributed by atoms with van der Waals surface area (Å²) in [4.78, 5) is 0. The van der Waals surface area contributed by atoms with E-state index in [2.05, 4.69) is 17.2 Å². The summed E-state index contributed by atoms with van der Waals surface area (Å²) in [6.07, 6.45) is 3.91. The maximum atomic E-state index is 5.71. The van der Waals surface area contributed by atoms with E-state index in [4.69, 9.17) is 10.5 Å². The van der Waals surface area contributed by atoms with E-state index in [0.29, 0.717) is 12.6 Å². The van der Waals surface area contributed by atoms with Crippen LogP contribution in [0.15, 0.2) is 0 Å². The zero-order valence-electron chi connectivity index (χ0n) is 10.9. The topological polar surface area (TPSA) is 66.0 Å². The van der Waals surface area contributed by atoms with Crippen molar-refractivity contribution in [2.24, 2.45) is 11.7 Å². The first-order valence-corrected chi connectivity index (χ1v) is 6.35. The lowest BCUT2D eigenvalue weighted by Crippen LogP contribution is -2.26. The van der Waals surface area contributed by atoms with Gasteiger partial charge in [-0.05, 0) is 32.6 Å². The second kappa shape index (κ2) is 5.14.